The number of hydrogen-bond acceptors (Lipinski definition) is 5. The van der Waals surface area contributed by atoms with Gasteiger partial charge in [0.05, 0.1) is 6.04 Å². The number of aliphatic carboxylic acids is 1. The van der Waals surface area contributed by atoms with Crippen molar-refractivity contribution in [3.05, 3.63) is 0 Å². The van der Waals surface area contributed by atoms with E-state index in [1.807, 2.05) is 6.92 Å². The molecule has 0 bridgehead atoms. The van der Waals surface area contributed by atoms with Crippen LogP contribution in [0.5, 0.6) is 0 Å². The molecule has 8 heteroatoms. The normalized spacial score (nSPS) is 16.6. The summed E-state index contributed by atoms with van der Waals surface area (Å²) in [5.74, 6) is -2.14. The Hall–Kier alpha value is -1.28. The highest BCUT2D eigenvalue weighted by Gasteiger charge is 2.29. The monoisotopic (exact) mass is 305 g/mol. The molecule has 0 radical (unpaired) electrons. The van der Waals surface area contributed by atoms with Crippen molar-refractivity contribution < 1.29 is 19.5 Å². The van der Waals surface area contributed by atoms with E-state index in [1.54, 1.807) is 6.92 Å². The van der Waals surface area contributed by atoms with Gasteiger partial charge in [0, 0.05) is 5.75 Å². The summed E-state index contributed by atoms with van der Waals surface area (Å²) in [5, 5.41) is 13.7. The van der Waals surface area contributed by atoms with Crippen molar-refractivity contribution in [1.82, 2.24) is 10.6 Å². The number of hydrogen-bond donors (Lipinski definition) is 5. The Bertz CT molecular complexity index is 365. The molecule has 2 amide bonds. The van der Waals surface area contributed by atoms with Crippen molar-refractivity contribution in [2.24, 2.45) is 11.7 Å². The maximum absolute atomic E-state index is 12.1. The maximum Gasteiger partial charge on any atom is 0.325 e. The fourth-order valence-corrected chi connectivity index (χ4v) is 1.58. The number of thiol groups is 1. The molecule has 0 aromatic carbocycles. The molecule has 0 aliphatic rings. The molecule has 0 aliphatic carbocycles. The maximum atomic E-state index is 12.1. The molecule has 0 rings (SSSR count). The summed E-state index contributed by atoms with van der Waals surface area (Å²) >= 11 is 3.92. The summed E-state index contributed by atoms with van der Waals surface area (Å²) in [6.45, 7) is 5.02. The van der Waals surface area contributed by atoms with Crippen LogP contribution in [0.4, 0.5) is 0 Å². The predicted octanol–water partition coefficient (Wildman–Crippen LogP) is -0.636. The number of carboxylic acid groups (broad SMARTS) is 1. The molecule has 0 saturated carbocycles. The van der Waals surface area contributed by atoms with Crippen LogP contribution in [0, 0.1) is 5.92 Å². The van der Waals surface area contributed by atoms with Gasteiger partial charge in [-0.05, 0) is 12.8 Å². The van der Waals surface area contributed by atoms with E-state index in [1.165, 1.54) is 6.92 Å². The first-order chi connectivity index (χ1) is 9.24. The molecular weight excluding hydrogens is 282 g/mol. The number of carbonyl (C=O) groups excluding carboxylic acids is 2. The Morgan fingerprint density at radius 2 is 1.75 bits per heavy atom. The topological polar surface area (TPSA) is 122 Å². The van der Waals surface area contributed by atoms with Crippen LogP contribution < -0.4 is 16.4 Å². The Labute approximate surface area is 124 Å². The van der Waals surface area contributed by atoms with Crippen LogP contribution in [0.25, 0.3) is 0 Å². The van der Waals surface area contributed by atoms with Gasteiger partial charge in [-0.25, -0.2) is 0 Å². The summed E-state index contributed by atoms with van der Waals surface area (Å²) in [6.07, 6.45) is 0.649. The molecule has 0 aromatic heterocycles. The van der Waals surface area contributed by atoms with Crippen molar-refractivity contribution in [1.29, 1.82) is 0 Å². The van der Waals surface area contributed by atoms with Crippen LogP contribution in [-0.2, 0) is 14.4 Å². The standard InChI is InChI=1S/C12H23N3O4S/c1-4-6(2)9(15-10(16)8(13)5-20)11(17)14-7(3)12(18)19/h6-9,20H,4-5,13H2,1-3H3,(H,14,17)(H,15,16)(H,18,19). The van der Waals surface area contributed by atoms with Crippen LogP contribution in [-0.4, -0.2) is 46.8 Å². The van der Waals surface area contributed by atoms with Crippen LogP contribution in [0.3, 0.4) is 0 Å². The highest BCUT2D eigenvalue weighted by atomic mass is 32.1. The third-order valence-electron chi connectivity index (χ3n) is 3.06. The molecule has 116 valence electrons. The van der Waals surface area contributed by atoms with Gasteiger partial charge in [0.2, 0.25) is 11.8 Å². The van der Waals surface area contributed by atoms with Crippen molar-refractivity contribution in [2.75, 3.05) is 5.75 Å². The SMILES string of the molecule is CCC(C)C(NC(=O)C(N)CS)C(=O)NC(C)C(=O)O. The lowest BCUT2D eigenvalue weighted by atomic mass is 9.97. The molecule has 7 nitrogen and oxygen atoms in total. The summed E-state index contributed by atoms with van der Waals surface area (Å²) in [5.41, 5.74) is 5.54. The first-order valence-electron chi connectivity index (χ1n) is 6.44. The van der Waals surface area contributed by atoms with Crippen molar-refractivity contribution in [3.63, 3.8) is 0 Å². The highest BCUT2D eigenvalue weighted by molar-refractivity contribution is 7.80. The Morgan fingerprint density at radius 3 is 2.15 bits per heavy atom. The summed E-state index contributed by atoms with van der Waals surface area (Å²) < 4.78 is 0. The minimum Gasteiger partial charge on any atom is -0.480 e. The van der Waals surface area contributed by atoms with Crippen LogP contribution in [0.2, 0.25) is 0 Å². The van der Waals surface area contributed by atoms with Gasteiger partial charge in [0.1, 0.15) is 12.1 Å². The number of amides is 2. The third kappa shape index (κ3) is 5.79. The Balaban J connectivity index is 4.84. The number of carbonyl (C=O) groups is 3. The summed E-state index contributed by atoms with van der Waals surface area (Å²) in [7, 11) is 0. The zero-order chi connectivity index (χ0) is 15.9. The molecule has 0 saturated heterocycles. The molecule has 20 heavy (non-hydrogen) atoms. The van der Waals surface area contributed by atoms with E-state index in [0.29, 0.717) is 6.42 Å². The molecule has 0 spiro atoms. The molecule has 4 atom stereocenters. The van der Waals surface area contributed by atoms with Crippen molar-refractivity contribution in [2.45, 2.75) is 45.3 Å². The first kappa shape index (κ1) is 18.7. The Kier molecular flexibility index (Phi) is 8.24. The van der Waals surface area contributed by atoms with Crippen LogP contribution in [0.1, 0.15) is 27.2 Å². The fourth-order valence-electron chi connectivity index (χ4n) is 1.41. The second-order valence-corrected chi connectivity index (χ2v) is 5.09. The molecule has 4 unspecified atom stereocenters. The van der Waals surface area contributed by atoms with Crippen LogP contribution >= 0.6 is 12.6 Å². The van der Waals surface area contributed by atoms with Crippen molar-refractivity contribution >= 4 is 30.4 Å². The van der Waals surface area contributed by atoms with E-state index >= 15 is 0 Å². The van der Waals surface area contributed by atoms with Gasteiger partial charge in [-0.2, -0.15) is 12.6 Å². The fraction of sp³-hybridized carbons (Fsp3) is 0.750. The van der Waals surface area contributed by atoms with E-state index in [0.717, 1.165) is 0 Å². The zero-order valence-corrected chi connectivity index (χ0v) is 12.8. The largest absolute Gasteiger partial charge is 0.480 e. The van der Waals surface area contributed by atoms with Crippen LogP contribution in [0.15, 0.2) is 0 Å². The molecule has 0 aromatic rings. The number of carboxylic acids is 1. The van der Waals surface area contributed by atoms with Gasteiger partial charge in [-0.1, -0.05) is 20.3 Å². The molecule has 0 fully saturated rings. The highest BCUT2D eigenvalue weighted by Crippen LogP contribution is 2.08. The van der Waals surface area contributed by atoms with Gasteiger partial charge < -0.3 is 21.5 Å². The van der Waals surface area contributed by atoms with E-state index in [9.17, 15) is 14.4 Å². The van der Waals surface area contributed by atoms with Gasteiger partial charge in [-0.3, -0.25) is 14.4 Å². The van der Waals surface area contributed by atoms with E-state index in [2.05, 4.69) is 23.3 Å². The molecule has 0 aliphatic heterocycles. The lowest BCUT2D eigenvalue weighted by Gasteiger charge is -2.25. The second-order valence-electron chi connectivity index (χ2n) is 4.73. The molecule has 0 heterocycles. The quantitative estimate of drug-likeness (QED) is 0.382. The van der Waals surface area contributed by atoms with Crippen molar-refractivity contribution in [3.8, 4) is 0 Å². The minimum atomic E-state index is -1.14. The minimum absolute atomic E-state index is 0.146. The smallest absolute Gasteiger partial charge is 0.325 e. The third-order valence-corrected chi connectivity index (χ3v) is 3.45. The zero-order valence-electron chi connectivity index (χ0n) is 11.9. The average Bonchev–Trinajstić information content (AvgIpc) is 2.42. The van der Waals surface area contributed by atoms with Gasteiger partial charge in [0.25, 0.3) is 0 Å². The lowest BCUT2D eigenvalue weighted by molar-refractivity contribution is -0.142. The Morgan fingerprint density at radius 1 is 1.20 bits per heavy atom. The number of nitrogens with one attached hydrogen (secondary N) is 2. The number of rotatable bonds is 8. The predicted molar refractivity (Wildman–Crippen MR) is 78.5 cm³/mol. The average molecular weight is 305 g/mol. The summed E-state index contributed by atoms with van der Waals surface area (Å²) in [6, 6.07) is -2.65. The van der Waals surface area contributed by atoms with E-state index in [4.69, 9.17) is 10.8 Å². The second kappa shape index (κ2) is 8.80. The van der Waals surface area contributed by atoms with E-state index in [-0.39, 0.29) is 11.7 Å². The van der Waals surface area contributed by atoms with Gasteiger partial charge in [-0.15, -0.1) is 0 Å². The molecular formula is C12H23N3O4S. The van der Waals surface area contributed by atoms with E-state index < -0.39 is 35.9 Å². The summed E-state index contributed by atoms with van der Waals surface area (Å²) in [4.78, 5) is 34.5. The van der Waals surface area contributed by atoms with Gasteiger partial charge >= 0.3 is 5.97 Å². The molecule has 5 N–H and O–H groups in total. The van der Waals surface area contributed by atoms with Gasteiger partial charge in [0.15, 0.2) is 0 Å². The lowest BCUT2D eigenvalue weighted by Crippen LogP contribution is -2.56. The first-order valence-corrected chi connectivity index (χ1v) is 7.07. The number of nitrogens with two attached hydrogens (primary N) is 1.